The maximum atomic E-state index is 10.5. The Morgan fingerprint density at radius 2 is 1.22 bits per heavy atom. The quantitative estimate of drug-likeness (QED) is 0.503. The molecule has 0 amide bonds. The average Bonchev–Trinajstić information content (AvgIpc) is 2.29. The van der Waals surface area contributed by atoms with Crippen molar-refractivity contribution in [3.8, 4) is 0 Å². The van der Waals surface area contributed by atoms with Crippen LogP contribution in [0.4, 0.5) is 0 Å². The zero-order chi connectivity index (χ0) is 14.1. The molecule has 104 valence electrons. The van der Waals surface area contributed by atoms with Gasteiger partial charge in [0.2, 0.25) is 0 Å². The highest BCUT2D eigenvalue weighted by Gasteiger charge is 2.25. The van der Waals surface area contributed by atoms with Gasteiger partial charge in [-0.1, -0.05) is 0 Å². The molecule has 1 saturated heterocycles. The predicted molar refractivity (Wildman–Crippen MR) is 59.3 cm³/mol. The van der Waals surface area contributed by atoms with Crippen molar-refractivity contribution in [1.29, 1.82) is 0 Å². The fraction of sp³-hybridized carbons (Fsp3) is 0.667. The van der Waals surface area contributed by atoms with E-state index in [4.69, 9.17) is 20.1 Å². The molecule has 1 aliphatic heterocycles. The highest BCUT2D eigenvalue weighted by atomic mass is 16.4. The number of nitrogens with zero attached hydrogens (tertiary/aromatic N) is 3. The van der Waals surface area contributed by atoms with Crippen LogP contribution >= 0.6 is 0 Å². The number of carbonyl (C=O) groups excluding carboxylic acids is 1. The van der Waals surface area contributed by atoms with Crippen LogP contribution in [-0.4, -0.2) is 88.6 Å². The Morgan fingerprint density at radius 3 is 1.50 bits per heavy atom. The van der Waals surface area contributed by atoms with E-state index in [-0.39, 0.29) is 26.5 Å². The van der Waals surface area contributed by atoms with E-state index in [9.17, 15) is 9.59 Å². The molecule has 0 atom stereocenters. The van der Waals surface area contributed by atoms with Gasteiger partial charge in [-0.05, 0) is 0 Å². The molecule has 0 unspecified atom stereocenters. The predicted octanol–water partition coefficient (Wildman–Crippen LogP) is -2.29. The number of carboxylic acid groups (broad SMARTS) is 2. The van der Waals surface area contributed by atoms with E-state index in [1.807, 2.05) is 6.79 Å². The molecule has 18 heavy (non-hydrogen) atoms. The number of hydrogen-bond donors (Lipinski definition) is 3. The topological polar surface area (TPSA) is 122 Å². The molecule has 0 aromatic carbocycles. The number of aliphatic hydroxyl groups excluding tert-OH is 1. The first kappa shape index (κ1) is 16.4. The van der Waals surface area contributed by atoms with Gasteiger partial charge < -0.3 is 20.1 Å². The second-order valence-electron chi connectivity index (χ2n) is 3.68. The van der Waals surface area contributed by atoms with Crippen molar-refractivity contribution >= 4 is 18.7 Å². The van der Waals surface area contributed by atoms with Crippen LogP contribution in [0.15, 0.2) is 0 Å². The van der Waals surface area contributed by atoms with Gasteiger partial charge in [0.15, 0.2) is 0 Å². The number of carbonyl (C=O) groups is 3. The molecular weight excluding hydrogens is 246 g/mol. The summed E-state index contributed by atoms with van der Waals surface area (Å²) in [6, 6.07) is 0. The molecule has 0 aliphatic carbocycles. The molecule has 1 heterocycles. The van der Waals surface area contributed by atoms with Gasteiger partial charge in [-0.2, -0.15) is 0 Å². The SMILES string of the molecule is C=O.O=C(O)CN1CN(CO)CN(CC(=O)O)C1. The van der Waals surface area contributed by atoms with Crippen molar-refractivity contribution in [2.75, 3.05) is 39.8 Å². The molecular formula is C9H17N3O6. The second-order valence-corrected chi connectivity index (χ2v) is 3.68. The third-order valence-electron chi connectivity index (χ3n) is 2.12. The van der Waals surface area contributed by atoms with E-state index >= 15 is 0 Å². The third-order valence-corrected chi connectivity index (χ3v) is 2.12. The van der Waals surface area contributed by atoms with Crippen LogP contribution in [0.2, 0.25) is 0 Å². The zero-order valence-electron chi connectivity index (χ0n) is 9.86. The van der Waals surface area contributed by atoms with Crippen molar-refractivity contribution in [2.24, 2.45) is 0 Å². The van der Waals surface area contributed by atoms with Crippen molar-refractivity contribution in [1.82, 2.24) is 14.7 Å². The summed E-state index contributed by atoms with van der Waals surface area (Å²) in [5.41, 5.74) is 0. The number of carboxylic acids is 2. The molecule has 0 aromatic heterocycles. The molecule has 0 saturated carbocycles. The zero-order valence-corrected chi connectivity index (χ0v) is 9.86. The normalized spacial score (nSPS) is 17.8. The summed E-state index contributed by atoms with van der Waals surface area (Å²) < 4.78 is 0. The maximum Gasteiger partial charge on any atom is 0.317 e. The van der Waals surface area contributed by atoms with Gasteiger partial charge in [0.25, 0.3) is 0 Å². The van der Waals surface area contributed by atoms with Gasteiger partial charge in [0.05, 0.1) is 39.8 Å². The van der Waals surface area contributed by atoms with E-state index < -0.39 is 11.9 Å². The summed E-state index contributed by atoms with van der Waals surface area (Å²) in [5, 5.41) is 26.2. The smallest absolute Gasteiger partial charge is 0.317 e. The minimum atomic E-state index is -0.977. The third kappa shape index (κ3) is 6.25. The Morgan fingerprint density at radius 1 is 0.889 bits per heavy atom. The Labute approximate surface area is 104 Å². The second kappa shape index (κ2) is 8.53. The highest BCUT2D eigenvalue weighted by Crippen LogP contribution is 2.05. The van der Waals surface area contributed by atoms with Crippen LogP contribution in [0.5, 0.6) is 0 Å². The minimum Gasteiger partial charge on any atom is -0.480 e. The summed E-state index contributed by atoms with van der Waals surface area (Å²) in [5.74, 6) is -1.95. The monoisotopic (exact) mass is 263 g/mol. The maximum absolute atomic E-state index is 10.5. The number of hydrogen-bond acceptors (Lipinski definition) is 7. The van der Waals surface area contributed by atoms with E-state index in [0.29, 0.717) is 13.3 Å². The van der Waals surface area contributed by atoms with Gasteiger partial charge >= 0.3 is 11.9 Å². The molecule has 0 spiro atoms. The Kier molecular flexibility index (Phi) is 7.79. The van der Waals surface area contributed by atoms with Crippen LogP contribution in [0.25, 0.3) is 0 Å². The summed E-state index contributed by atoms with van der Waals surface area (Å²) in [6.45, 7) is 2.33. The molecule has 9 heteroatoms. The average molecular weight is 263 g/mol. The number of aliphatic carboxylic acids is 2. The molecule has 1 rings (SSSR count). The van der Waals surface area contributed by atoms with Gasteiger partial charge in [-0.15, -0.1) is 0 Å². The highest BCUT2D eigenvalue weighted by molar-refractivity contribution is 5.69. The lowest BCUT2D eigenvalue weighted by molar-refractivity contribution is -0.146. The lowest BCUT2D eigenvalue weighted by Crippen LogP contribution is -2.56. The first-order chi connectivity index (χ1) is 8.51. The Balaban J connectivity index is 0.00000137. The molecule has 3 N–H and O–H groups in total. The Hall–Kier alpha value is -1.55. The first-order valence-electron chi connectivity index (χ1n) is 5.01. The van der Waals surface area contributed by atoms with Crippen molar-refractivity contribution in [3.63, 3.8) is 0 Å². The van der Waals surface area contributed by atoms with Crippen molar-refractivity contribution in [2.45, 2.75) is 0 Å². The molecule has 9 nitrogen and oxygen atoms in total. The lowest BCUT2D eigenvalue weighted by atomic mass is 10.4. The molecule has 1 fully saturated rings. The standard InChI is InChI=1S/C8H15N3O5.CH2O/c12-6-11-4-9(1-7(13)14)3-10(5-11)2-8(15)16;1-2/h12H,1-6H2,(H,13,14)(H,15,16);1H2. The van der Waals surface area contributed by atoms with E-state index in [1.165, 1.54) is 0 Å². The largest absolute Gasteiger partial charge is 0.480 e. The van der Waals surface area contributed by atoms with Crippen LogP contribution in [0, 0.1) is 0 Å². The van der Waals surface area contributed by atoms with Gasteiger partial charge in [-0.3, -0.25) is 24.3 Å². The van der Waals surface area contributed by atoms with Crippen molar-refractivity contribution in [3.05, 3.63) is 0 Å². The minimum absolute atomic E-state index is 0.174. The summed E-state index contributed by atoms with van der Waals surface area (Å²) >= 11 is 0. The fourth-order valence-corrected chi connectivity index (χ4v) is 1.65. The summed E-state index contributed by atoms with van der Waals surface area (Å²) in [7, 11) is 0. The van der Waals surface area contributed by atoms with Crippen LogP contribution < -0.4 is 0 Å². The van der Waals surface area contributed by atoms with Gasteiger partial charge in [0, 0.05) is 0 Å². The number of aliphatic hydroxyl groups is 1. The van der Waals surface area contributed by atoms with Crippen LogP contribution in [0.1, 0.15) is 0 Å². The van der Waals surface area contributed by atoms with Gasteiger partial charge in [0.1, 0.15) is 6.79 Å². The van der Waals surface area contributed by atoms with E-state index in [0.717, 1.165) is 0 Å². The molecule has 1 aliphatic rings. The van der Waals surface area contributed by atoms with Crippen LogP contribution in [0.3, 0.4) is 0 Å². The van der Waals surface area contributed by atoms with E-state index in [1.54, 1.807) is 14.7 Å². The van der Waals surface area contributed by atoms with E-state index in [2.05, 4.69) is 0 Å². The summed E-state index contributed by atoms with van der Waals surface area (Å²) in [4.78, 5) is 33.7. The molecule has 0 bridgehead atoms. The molecule has 0 aromatic rings. The van der Waals surface area contributed by atoms with Crippen molar-refractivity contribution < 1.29 is 29.7 Å². The molecule has 0 radical (unpaired) electrons. The van der Waals surface area contributed by atoms with Gasteiger partial charge in [-0.25, -0.2) is 0 Å². The number of rotatable bonds is 5. The fourth-order valence-electron chi connectivity index (χ4n) is 1.65. The first-order valence-corrected chi connectivity index (χ1v) is 5.01. The lowest BCUT2D eigenvalue weighted by Gasteiger charge is -2.40. The van der Waals surface area contributed by atoms with Crippen LogP contribution in [-0.2, 0) is 14.4 Å². The Bertz CT molecular complexity index is 263. The summed E-state index contributed by atoms with van der Waals surface area (Å²) in [6.07, 6.45) is 0.